The molecule has 18 heavy (non-hydrogen) atoms. The molecule has 1 amide bonds. The number of ether oxygens (including phenoxy) is 1. The van der Waals surface area contributed by atoms with E-state index < -0.39 is 0 Å². The number of aromatic amines is 1. The summed E-state index contributed by atoms with van der Waals surface area (Å²) in [6, 6.07) is 7.57. The summed E-state index contributed by atoms with van der Waals surface area (Å²) in [7, 11) is 3.34. The number of rotatable bonds is 4. The van der Waals surface area contributed by atoms with Crippen molar-refractivity contribution in [2.45, 2.75) is 6.54 Å². The Morgan fingerprint density at radius 1 is 1.39 bits per heavy atom. The largest absolute Gasteiger partial charge is 0.497 e. The molecule has 6 heteroatoms. The zero-order valence-electron chi connectivity index (χ0n) is 10.3. The van der Waals surface area contributed by atoms with E-state index in [9.17, 15) is 4.79 Å². The van der Waals surface area contributed by atoms with Crippen LogP contribution in [0.15, 0.2) is 30.5 Å². The van der Waals surface area contributed by atoms with E-state index in [2.05, 4.69) is 15.4 Å². The number of aromatic nitrogens is 3. The average Bonchev–Trinajstić information content (AvgIpc) is 2.92. The van der Waals surface area contributed by atoms with Crippen LogP contribution in [0.2, 0.25) is 0 Å². The number of nitrogens with one attached hydrogen (secondary N) is 1. The third-order valence-corrected chi connectivity index (χ3v) is 2.56. The molecule has 6 nitrogen and oxygen atoms in total. The van der Waals surface area contributed by atoms with E-state index in [1.807, 2.05) is 24.3 Å². The monoisotopic (exact) mass is 246 g/mol. The number of hydrogen-bond donors (Lipinski definition) is 1. The highest BCUT2D eigenvalue weighted by Crippen LogP contribution is 2.13. The van der Waals surface area contributed by atoms with Crippen LogP contribution in [-0.2, 0) is 6.54 Å². The highest BCUT2D eigenvalue weighted by Gasteiger charge is 2.14. The van der Waals surface area contributed by atoms with Crippen molar-refractivity contribution in [3.8, 4) is 5.75 Å². The Morgan fingerprint density at radius 3 is 2.67 bits per heavy atom. The third-order valence-electron chi connectivity index (χ3n) is 2.56. The second-order valence-corrected chi connectivity index (χ2v) is 3.86. The molecule has 0 aliphatic carbocycles. The number of hydrogen-bond acceptors (Lipinski definition) is 4. The molecule has 0 aliphatic heterocycles. The van der Waals surface area contributed by atoms with E-state index >= 15 is 0 Å². The van der Waals surface area contributed by atoms with Gasteiger partial charge in [0.2, 0.25) is 0 Å². The summed E-state index contributed by atoms with van der Waals surface area (Å²) in [5, 5.41) is 9.79. The van der Waals surface area contributed by atoms with Gasteiger partial charge in [-0.05, 0) is 17.7 Å². The van der Waals surface area contributed by atoms with E-state index in [1.54, 1.807) is 19.1 Å². The molecule has 0 aliphatic rings. The van der Waals surface area contributed by atoms with Gasteiger partial charge in [-0.1, -0.05) is 12.1 Å². The van der Waals surface area contributed by atoms with Gasteiger partial charge in [-0.3, -0.25) is 4.79 Å². The normalized spacial score (nSPS) is 10.1. The van der Waals surface area contributed by atoms with Crippen LogP contribution in [0.5, 0.6) is 5.75 Å². The fraction of sp³-hybridized carbons (Fsp3) is 0.250. The molecule has 1 aromatic heterocycles. The van der Waals surface area contributed by atoms with Gasteiger partial charge >= 0.3 is 0 Å². The minimum absolute atomic E-state index is 0.167. The van der Waals surface area contributed by atoms with Gasteiger partial charge in [0.15, 0.2) is 5.69 Å². The second kappa shape index (κ2) is 5.31. The third kappa shape index (κ3) is 2.65. The first-order valence-electron chi connectivity index (χ1n) is 5.45. The lowest BCUT2D eigenvalue weighted by atomic mass is 10.2. The molecular formula is C12H14N4O2. The smallest absolute Gasteiger partial charge is 0.276 e. The lowest BCUT2D eigenvalue weighted by Crippen LogP contribution is -2.26. The molecule has 94 valence electrons. The molecule has 0 spiro atoms. The lowest BCUT2D eigenvalue weighted by Gasteiger charge is -2.15. The van der Waals surface area contributed by atoms with Crippen molar-refractivity contribution in [1.29, 1.82) is 0 Å². The Hall–Kier alpha value is -2.37. The van der Waals surface area contributed by atoms with Crippen LogP contribution in [0.4, 0.5) is 0 Å². The molecule has 2 rings (SSSR count). The Morgan fingerprint density at radius 2 is 2.11 bits per heavy atom. The lowest BCUT2D eigenvalue weighted by molar-refractivity contribution is 0.0779. The molecule has 0 atom stereocenters. The molecule has 0 fully saturated rings. The minimum atomic E-state index is -0.167. The summed E-state index contributed by atoms with van der Waals surface area (Å²) in [6.07, 6.45) is 1.41. The van der Waals surface area contributed by atoms with E-state index in [4.69, 9.17) is 4.74 Å². The number of carbonyl (C=O) groups is 1. The molecule has 1 heterocycles. The van der Waals surface area contributed by atoms with Crippen LogP contribution in [0.25, 0.3) is 0 Å². The van der Waals surface area contributed by atoms with Gasteiger partial charge < -0.3 is 9.64 Å². The van der Waals surface area contributed by atoms with Gasteiger partial charge in [-0.2, -0.15) is 15.4 Å². The van der Waals surface area contributed by atoms with E-state index in [0.29, 0.717) is 12.2 Å². The molecule has 0 unspecified atom stereocenters. The van der Waals surface area contributed by atoms with E-state index in [-0.39, 0.29) is 5.91 Å². The fourth-order valence-electron chi connectivity index (χ4n) is 1.58. The van der Waals surface area contributed by atoms with Crippen molar-refractivity contribution in [1.82, 2.24) is 20.3 Å². The summed E-state index contributed by atoms with van der Waals surface area (Å²) < 4.78 is 5.08. The van der Waals surface area contributed by atoms with Crippen LogP contribution in [0.1, 0.15) is 16.1 Å². The topological polar surface area (TPSA) is 71.1 Å². The maximum atomic E-state index is 11.9. The average molecular weight is 246 g/mol. The van der Waals surface area contributed by atoms with Gasteiger partial charge in [0, 0.05) is 13.6 Å². The molecular weight excluding hydrogens is 232 g/mol. The van der Waals surface area contributed by atoms with Crippen molar-refractivity contribution in [3.63, 3.8) is 0 Å². The number of H-pyrrole nitrogens is 1. The zero-order chi connectivity index (χ0) is 13.0. The first-order chi connectivity index (χ1) is 8.70. The molecule has 0 saturated carbocycles. The molecule has 2 aromatic rings. The first-order valence-corrected chi connectivity index (χ1v) is 5.45. The molecule has 0 saturated heterocycles. The second-order valence-electron chi connectivity index (χ2n) is 3.86. The molecule has 0 bridgehead atoms. The summed E-state index contributed by atoms with van der Waals surface area (Å²) >= 11 is 0. The Labute approximate surface area is 105 Å². The predicted octanol–water partition coefficient (Wildman–Crippen LogP) is 1.09. The van der Waals surface area contributed by atoms with Crippen molar-refractivity contribution in [2.75, 3.05) is 14.2 Å². The van der Waals surface area contributed by atoms with Gasteiger partial charge in [0.25, 0.3) is 5.91 Å². The van der Waals surface area contributed by atoms with E-state index in [0.717, 1.165) is 11.3 Å². The maximum Gasteiger partial charge on any atom is 0.276 e. The summed E-state index contributed by atoms with van der Waals surface area (Å²) in [6.45, 7) is 0.510. The van der Waals surface area contributed by atoms with Crippen LogP contribution in [0, 0.1) is 0 Å². The Kier molecular flexibility index (Phi) is 3.57. The first kappa shape index (κ1) is 12.1. The number of benzene rings is 1. The van der Waals surface area contributed by atoms with Crippen LogP contribution in [0.3, 0.4) is 0 Å². The predicted molar refractivity (Wildman–Crippen MR) is 65.2 cm³/mol. The standard InChI is InChI=1S/C12H14N4O2/c1-16(12(17)11-7-13-15-14-11)8-9-3-5-10(18-2)6-4-9/h3-7H,8H2,1-2H3,(H,13,14,15). The number of carbonyl (C=O) groups excluding carboxylic acids is 1. The van der Waals surface area contributed by atoms with Gasteiger partial charge in [0.1, 0.15) is 5.75 Å². The Bertz CT molecular complexity index is 507. The van der Waals surface area contributed by atoms with Gasteiger partial charge in [0.05, 0.1) is 13.3 Å². The number of amides is 1. The zero-order valence-corrected chi connectivity index (χ0v) is 10.3. The quantitative estimate of drug-likeness (QED) is 0.876. The van der Waals surface area contributed by atoms with E-state index in [1.165, 1.54) is 6.20 Å². The summed E-state index contributed by atoms with van der Waals surface area (Å²) in [5.41, 5.74) is 1.33. The SMILES string of the molecule is COc1ccc(CN(C)C(=O)c2cn[nH]n2)cc1. The molecule has 0 radical (unpaired) electrons. The maximum absolute atomic E-state index is 11.9. The van der Waals surface area contributed by atoms with Crippen molar-refractivity contribution >= 4 is 5.91 Å². The van der Waals surface area contributed by atoms with Crippen molar-refractivity contribution in [3.05, 3.63) is 41.7 Å². The van der Waals surface area contributed by atoms with Crippen molar-refractivity contribution < 1.29 is 9.53 Å². The minimum Gasteiger partial charge on any atom is -0.497 e. The van der Waals surface area contributed by atoms with Gasteiger partial charge in [-0.25, -0.2) is 0 Å². The summed E-state index contributed by atoms with van der Waals surface area (Å²) in [5.74, 6) is 0.629. The molecule has 1 N–H and O–H groups in total. The Balaban J connectivity index is 2.02. The van der Waals surface area contributed by atoms with Crippen LogP contribution in [-0.4, -0.2) is 40.4 Å². The fourth-order valence-corrected chi connectivity index (χ4v) is 1.58. The highest BCUT2D eigenvalue weighted by molar-refractivity contribution is 5.91. The molecule has 1 aromatic carbocycles. The van der Waals surface area contributed by atoms with Crippen molar-refractivity contribution in [2.24, 2.45) is 0 Å². The summed E-state index contributed by atoms with van der Waals surface area (Å²) in [4.78, 5) is 13.5. The number of nitrogens with zero attached hydrogens (tertiary/aromatic N) is 3. The van der Waals surface area contributed by atoms with Crippen LogP contribution >= 0.6 is 0 Å². The van der Waals surface area contributed by atoms with Gasteiger partial charge in [-0.15, -0.1) is 0 Å². The number of methoxy groups -OCH3 is 1. The van der Waals surface area contributed by atoms with Crippen LogP contribution < -0.4 is 4.74 Å². The highest BCUT2D eigenvalue weighted by atomic mass is 16.5.